The molecular formula is C21H22N4O4. The number of carbonyl (C=O) groups is 2. The van der Waals surface area contributed by atoms with Crippen molar-refractivity contribution in [2.45, 2.75) is 6.42 Å². The SMILES string of the molecule is COCCOC(=O)Nc1cccc(NC(=O)Cc2cnn(-c3ccccc3)c2)c1. The number of anilines is 2. The smallest absolute Gasteiger partial charge is 0.411 e. The van der Waals surface area contributed by atoms with Crippen molar-refractivity contribution in [2.24, 2.45) is 0 Å². The average Bonchev–Trinajstić information content (AvgIpc) is 3.17. The van der Waals surface area contributed by atoms with Gasteiger partial charge in [-0.25, -0.2) is 9.48 Å². The van der Waals surface area contributed by atoms with E-state index in [1.54, 1.807) is 35.1 Å². The molecule has 8 nitrogen and oxygen atoms in total. The molecule has 0 aliphatic carbocycles. The van der Waals surface area contributed by atoms with Gasteiger partial charge in [0, 0.05) is 24.7 Å². The van der Waals surface area contributed by atoms with Crippen LogP contribution in [0, 0.1) is 0 Å². The van der Waals surface area contributed by atoms with Crippen molar-refractivity contribution in [1.82, 2.24) is 9.78 Å². The number of ether oxygens (including phenoxy) is 2. The zero-order valence-electron chi connectivity index (χ0n) is 16.0. The molecule has 0 radical (unpaired) electrons. The van der Waals surface area contributed by atoms with Crippen LogP contribution in [0.3, 0.4) is 0 Å². The Morgan fingerprint density at radius 1 is 1.00 bits per heavy atom. The molecule has 1 heterocycles. The Hall–Kier alpha value is -3.65. The highest BCUT2D eigenvalue weighted by Crippen LogP contribution is 2.16. The highest BCUT2D eigenvalue weighted by Gasteiger charge is 2.09. The highest BCUT2D eigenvalue weighted by molar-refractivity contribution is 5.93. The number of hydrogen-bond donors (Lipinski definition) is 2. The Labute approximate surface area is 168 Å². The van der Waals surface area contributed by atoms with Gasteiger partial charge in [0.1, 0.15) is 6.61 Å². The summed E-state index contributed by atoms with van der Waals surface area (Å²) in [6, 6.07) is 16.5. The summed E-state index contributed by atoms with van der Waals surface area (Å²) in [5.41, 5.74) is 2.81. The summed E-state index contributed by atoms with van der Waals surface area (Å²) in [5, 5.41) is 9.71. The molecule has 2 amide bonds. The minimum atomic E-state index is -0.584. The van der Waals surface area contributed by atoms with Crippen molar-refractivity contribution in [2.75, 3.05) is 31.0 Å². The van der Waals surface area contributed by atoms with E-state index in [1.807, 2.05) is 36.5 Å². The predicted molar refractivity (Wildman–Crippen MR) is 109 cm³/mol. The van der Waals surface area contributed by atoms with Gasteiger partial charge in [-0.05, 0) is 35.9 Å². The topological polar surface area (TPSA) is 94.5 Å². The third-order valence-electron chi connectivity index (χ3n) is 3.93. The lowest BCUT2D eigenvalue weighted by Gasteiger charge is -2.09. The van der Waals surface area contributed by atoms with Gasteiger partial charge in [-0.1, -0.05) is 24.3 Å². The molecule has 0 saturated heterocycles. The molecule has 3 aromatic rings. The van der Waals surface area contributed by atoms with E-state index in [9.17, 15) is 9.59 Å². The van der Waals surface area contributed by atoms with Gasteiger partial charge in [-0.15, -0.1) is 0 Å². The van der Waals surface area contributed by atoms with Crippen molar-refractivity contribution in [3.05, 3.63) is 72.6 Å². The summed E-state index contributed by atoms with van der Waals surface area (Å²) in [4.78, 5) is 24.1. The Morgan fingerprint density at radius 2 is 1.76 bits per heavy atom. The predicted octanol–water partition coefficient (Wildman–Crippen LogP) is 3.25. The van der Waals surface area contributed by atoms with Gasteiger partial charge < -0.3 is 14.8 Å². The summed E-state index contributed by atoms with van der Waals surface area (Å²) < 4.78 is 11.5. The normalized spacial score (nSPS) is 10.4. The van der Waals surface area contributed by atoms with Crippen LogP contribution >= 0.6 is 0 Å². The summed E-state index contributed by atoms with van der Waals surface area (Å²) in [5.74, 6) is -0.183. The van der Waals surface area contributed by atoms with Gasteiger partial charge in [0.05, 0.1) is 24.9 Å². The maximum atomic E-state index is 12.4. The third-order valence-corrected chi connectivity index (χ3v) is 3.93. The minimum absolute atomic E-state index is 0.162. The van der Waals surface area contributed by atoms with E-state index in [-0.39, 0.29) is 18.9 Å². The Kier molecular flexibility index (Phi) is 6.96. The van der Waals surface area contributed by atoms with E-state index < -0.39 is 6.09 Å². The lowest BCUT2D eigenvalue weighted by Crippen LogP contribution is -2.17. The first-order valence-electron chi connectivity index (χ1n) is 9.05. The Balaban J connectivity index is 1.54. The van der Waals surface area contributed by atoms with Gasteiger partial charge in [0.25, 0.3) is 0 Å². The van der Waals surface area contributed by atoms with Crippen LogP contribution in [-0.4, -0.2) is 42.1 Å². The monoisotopic (exact) mass is 394 g/mol. The first-order valence-corrected chi connectivity index (χ1v) is 9.05. The van der Waals surface area contributed by atoms with Crippen LogP contribution in [0.1, 0.15) is 5.56 Å². The highest BCUT2D eigenvalue weighted by atomic mass is 16.6. The van der Waals surface area contributed by atoms with Gasteiger partial charge in [-0.2, -0.15) is 5.10 Å². The molecule has 0 aliphatic heterocycles. The van der Waals surface area contributed by atoms with E-state index in [2.05, 4.69) is 15.7 Å². The second-order valence-electron chi connectivity index (χ2n) is 6.19. The molecule has 2 aromatic carbocycles. The molecule has 0 saturated carbocycles. The number of benzene rings is 2. The molecule has 0 atom stereocenters. The van der Waals surface area contributed by atoms with Crippen molar-refractivity contribution < 1.29 is 19.1 Å². The van der Waals surface area contributed by atoms with Crippen LogP contribution < -0.4 is 10.6 Å². The molecule has 0 spiro atoms. The molecule has 1 aromatic heterocycles. The zero-order valence-corrected chi connectivity index (χ0v) is 16.0. The first kappa shape index (κ1) is 20.1. The van der Waals surface area contributed by atoms with Crippen molar-refractivity contribution in [3.8, 4) is 5.69 Å². The number of para-hydroxylation sites is 1. The maximum Gasteiger partial charge on any atom is 0.411 e. The van der Waals surface area contributed by atoms with Crippen LogP contribution in [0.15, 0.2) is 67.0 Å². The molecule has 0 unspecified atom stereocenters. The Morgan fingerprint density at radius 3 is 2.52 bits per heavy atom. The fraction of sp³-hybridized carbons (Fsp3) is 0.190. The first-order chi connectivity index (χ1) is 14.1. The quantitative estimate of drug-likeness (QED) is 0.572. The van der Waals surface area contributed by atoms with Gasteiger partial charge >= 0.3 is 6.09 Å². The Bertz CT molecular complexity index is 956. The summed E-state index contributed by atoms with van der Waals surface area (Å²) in [6.45, 7) is 0.486. The van der Waals surface area contributed by atoms with Crippen molar-refractivity contribution >= 4 is 23.4 Å². The number of aromatic nitrogens is 2. The number of methoxy groups -OCH3 is 1. The number of nitrogens with one attached hydrogen (secondary N) is 2. The molecule has 3 rings (SSSR count). The summed E-state index contributed by atoms with van der Waals surface area (Å²) in [7, 11) is 1.53. The van der Waals surface area contributed by atoms with Crippen LogP contribution in [0.5, 0.6) is 0 Å². The van der Waals surface area contributed by atoms with E-state index >= 15 is 0 Å². The third kappa shape index (κ3) is 6.18. The van der Waals surface area contributed by atoms with E-state index in [4.69, 9.17) is 9.47 Å². The van der Waals surface area contributed by atoms with Crippen LogP contribution in [-0.2, 0) is 20.7 Å². The molecule has 0 bridgehead atoms. The fourth-order valence-corrected chi connectivity index (χ4v) is 2.61. The maximum absolute atomic E-state index is 12.4. The van der Waals surface area contributed by atoms with Crippen LogP contribution in [0.25, 0.3) is 5.69 Å². The van der Waals surface area contributed by atoms with E-state index in [0.29, 0.717) is 18.0 Å². The zero-order chi connectivity index (χ0) is 20.5. The van der Waals surface area contributed by atoms with Gasteiger partial charge in [0.2, 0.25) is 5.91 Å². The lowest BCUT2D eigenvalue weighted by atomic mass is 10.2. The minimum Gasteiger partial charge on any atom is -0.447 e. The number of carbonyl (C=O) groups excluding carboxylic acids is 2. The number of hydrogen-bond acceptors (Lipinski definition) is 5. The fourth-order valence-electron chi connectivity index (χ4n) is 2.61. The van der Waals surface area contributed by atoms with E-state index in [1.165, 1.54) is 7.11 Å². The van der Waals surface area contributed by atoms with Gasteiger partial charge in [0.15, 0.2) is 0 Å². The average molecular weight is 394 g/mol. The van der Waals surface area contributed by atoms with Crippen molar-refractivity contribution in [1.29, 1.82) is 0 Å². The number of nitrogens with zero attached hydrogens (tertiary/aromatic N) is 2. The van der Waals surface area contributed by atoms with Crippen LogP contribution in [0.4, 0.5) is 16.2 Å². The molecule has 150 valence electrons. The molecule has 0 aliphatic rings. The molecule has 8 heteroatoms. The molecular weight excluding hydrogens is 372 g/mol. The summed E-state index contributed by atoms with van der Waals surface area (Å²) >= 11 is 0. The number of amides is 2. The second kappa shape index (κ2) is 10.0. The number of rotatable bonds is 8. The van der Waals surface area contributed by atoms with Crippen LogP contribution in [0.2, 0.25) is 0 Å². The van der Waals surface area contributed by atoms with Crippen molar-refractivity contribution in [3.63, 3.8) is 0 Å². The summed E-state index contributed by atoms with van der Waals surface area (Å²) in [6.07, 6.45) is 3.09. The second-order valence-corrected chi connectivity index (χ2v) is 6.19. The largest absolute Gasteiger partial charge is 0.447 e. The lowest BCUT2D eigenvalue weighted by molar-refractivity contribution is -0.115. The molecule has 0 fully saturated rings. The molecule has 2 N–H and O–H groups in total. The van der Waals surface area contributed by atoms with Gasteiger partial charge in [-0.3, -0.25) is 10.1 Å². The van der Waals surface area contributed by atoms with E-state index in [0.717, 1.165) is 11.3 Å². The standard InChI is InChI=1S/C21H22N4O4/c1-28-10-11-29-21(27)24-18-7-5-6-17(13-18)23-20(26)12-16-14-22-25(15-16)19-8-3-2-4-9-19/h2-9,13-15H,10-12H2,1H3,(H,23,26)(H,24,27). The molecule has 29 heavy (non-hydrogen) atoms.